The Morgan fingerprint density at radius 1 is 1.27 bits per heavy atom. The summed E-state index contributed by atoms with van der Waals surface area (Å²) in [4.78, 5) is 28.7. The number of benzene rings is 2. The molecule has 1 amide bonds. The van der Waals surface area contributed by atoms with Gasteiger partial charge in [0.15, 0.2) is 11.3 Å². The lowest BCUT2D eigenvalue weighted by atomic mass is 10.2. The number of hydrogen-bond acceptors (Lipinski definition) is 5. The lowest BCUT2D eigenvalue weighted by Gasteiger charge is -2.08. The number of ether oxygens (including phenoxy) is 1. The molecule has 0 saturated heterocycles. The number of rotatable bonds is 3. The summed E-state index contributed by atoms with van der Waals surface area (Å²) in [7, 11) is 1.49. The Hall–Kier alpha value is -3.75. The SMILES string of the molecule is COc1ccccc1NC(=O)c1n[nH]n2c1nc(=O)c1cc(F)ccc12. The van der Waals surface area contributed by atoms with Crippen LogP contribution in [-0.2, 0) is 0 Å². The van der Waals surface area contributed by atoms with Crippen LogP contribution in [0.2, 0.25) is 0 Å². The highest BCUT2D eigenvalue weighted by Crippen LogP contribution is 2.24. The summed E-state index contributed by atoms with van der Waals surface area (Å²) in [5.74, 6) is -0.640. The molecule has 8 nitrogen and oxygen atoms in total. The van der Waals surface area contributed by atoms with Crippen LogP contribution in [0.15, 0.2) is 47.3 Å². The second-order valence-electron chi connectivity index (χ2n) is 5.45. The van der Waals surface area contributed by atoms with Crippen molar-refractivity contribution in [3.05, 3.63) is 64.3 Å². The average Bonchev–Trinajstić information content (AvgIpc) is 3.06. The van der Waals surface area contributed by atoms with Crippen molar-refractivity contribution in [3.8, 4) is 5.75 Å². The number of carbonyl (C=O) groups excluding carboxylic acids is 1. The van der Waals surface area contributed by atoms with Crippen molar-refractivity contribution in [3.63, 3.8) is 0 Å². The van der Waals surface area contributed by atoms with E-state index in [9.17, 15) is 14.0 Å². The van der Waals surface area contributed by atoms with Crippen LogP contribution in [0.5, 0.6) is 5.75 Å². The van der Waals surface area contributed by atoms with E-state index < -0.39 is 17.3 Å². The van der Waals surface area contributed by atoms with Gasteiger partial charge in [0.25, 0.3) is 11.5 Å². The van der Waals surface area contributed by atoms with E-state index in [-0.39, 0.29) is 16.7 Å². The maximum Gasteiger partial charge on any atom is 0.281 e. The molecule has 0 aliphatic heterocycles. The van der Waals surface area contributed by atoms with Gasteiger partial charge in [0.2, 0.25) is 0 Å². The molecule has 0 atom stereocenters. The lowest BCUT2D eigenvalue weighted by molar-refractivity contribution is 0.102. The number of H-pyrrole nitrogens is 1. The summed E-state index contributed by atoms with van der Waals surface area (Å²) in [6.07, 6.45) is 0. The first kappa shape index (κ1) is 15.8. The minimum Gasteiger partial charge on any atom is -0.495 e. The van der Waals surface area contributed by atoms with Crippen molar-refractivity contribution in [1.29, 1.82) is 0 Å². The van der Waals surface area contributed by atoms with Gasteiger partial charge in [-0.3, -0.25) is 9.59 Å². The van der Waals surface area contributed by atoms with Gasteiger partial charge in [0.05, 0.1) is 23.7 Å². The molecule has 0 saturated carbocycles. The number of nitrogens with one attached hydrogen (secondary N) is 2. The van der Waals surface area contributed by atoms with Crippen molar-refractivity contribution < 1.29 is 13.9 Å². The highest BCUT2D eigenvalue weighted by Gasteiger charge is 2.19. The topological polar surface area (TPSA) is 101 Å². The van der Waals surface area contributed by atoms with Gasteiger partial charge < -0.3 is 10.1 Å². The largest absolute Gasteiger partial charge is 0.495 e. The Balaban J connectivity index is 1.82. The molecule has 0 spiro atoms. The van der Waals surface area contributed by atoms with E-state index in [1.54, 1.807) is 24.3 Å². The van der Waals surface area contributed by atoms with Crippen molar-refractivity contribution in [2.75, 3.05) is 12.4 Å². The highest BCUT2D eigenvalue weighted by molar-refractivity contribution is 6.07. The van der Waals surface area contributed by atoms with E-state index in [1.165, 1.54) is 23.8 Å². The zero-order valence-electron chi connectivity index (χ0n) is 13.5. The molecule has 0 radical (unpaired) electrons. The fourth-order valence-electron chi connectivity index (χ4n) is 2.69. The molecular weight excluding hydrogens is 341 g/mol. The first-order chi connectivity index (χ1) is 12.6. The van der Waals surface area contributed by atoms with E-state index >= 15 is 0 Å². The van der Waals surface area contributed by atoms with Crippen molar-refractivity contribution in [2.24, 2.45) is 0 Å². The van der Waals surface area contributed by atoms with Crippen LogP contribution in [0.3, 0.4) is 0 Å². The fourth-order valence-corrected chi connectivity index (χ4v) is 2.69. The standard InChI is InChI=1S/C17H12FN5O3/c1-26-13-5-3-2-4-11(13)19-17(25)14-15-20-16(24)10-8-9(18)6-7-12(10)23(15)22-21-14/h2-8,22H,1H3,(H,19,25). The second kappa shape index (κ2) is 5.96. The van der Waals surface area contributed by atoms with Gasteiger partial charge in [-0.25, -0.2) is 14.1 Å². The van der Waals surface area contributed by atoms with Crippen LogP contribution in [0.25, 0.3) is 16.6 Å². The molecule has 0 bridgehead atoms. The van der Waals surface area contributed by atoms with Gasteiger partial charge in [-0.2, -0.15) is 4.98 Å². The van der Waals surface area contributed by atoms with E-state index in [2.05, 4.69) is 20.6 Å². The molecule has 0 unspecified atom stereocenters. The summed E-state index contributed by atoms with van der Waals surface area (Å²) in [6.45, 7) is 0. The van der Waals surface area contributed by atoms with Gasteiger partial charge in [-0.15, -0.1) is 5.10 Å². The molecule has 2 aromatic carbocycles. The normalized spacial score (nSPS) is 11.0. The Labute approximate surface area is 145 Å². The fraction of sp³-hybridized carbons (Fsp3) is 0.0588. The molecule has 26 heavy (non-hydrogen) atoms. The van der Waals surface area contributed by atoms with Gasteiger partial charge in [-0.1, -0.05) is 12.1 Å². The Morgan fingerprint density at radius 3 is 2.88 bits per heavy atom. The van der Waals surface area contributed by atoms with Crippen LogP contribution in [0, 0.1) is 5.82 Å². The summed E-state index contributed by atoms with van der Waals surface area (Å²) < 4.78 is 19.9. The van der Waals surface area contributed by atoms with Crippen LogP contribution >= 0.6 is 0 Å². The second-order valence-corrected chi connectivity index (χ2v) is 5.45. The first-order valence-corrected chi connectivity index (χ1v) is 7.59. The number of para-hydroxylation sites is 2. The number of halogens is 1. The average molecular weight is 353 g/mol. The third-order valence-electron chi connectivity index (χ3n) is 3.89. The summed E-state index contributed by atoms with van der Waals surface area (Å²) in [5.41, 5.74) is 0.143. The number of anilines is 1. The predicted octanol–water partition coefficient (Wildman–Crippen LogP) is 1.97. The predicted molar refractivity (Wildman–Crippen MR) is 92.0 cm³/mol. The number of fused-ring (bicyclic) bond motifs is 3. The number of amides is 1. The van der Waals surface area contributed by atoms with Crippen molar-refractivity contribution in [2.45, 2.75) is 0 Å². The molecule has 0 fully saturated rings. The minimum absolute atomic E-state index is 0.0431. The highest BCUT2D eigenvalue weighted by atomic mass is 19.1. The van der Waals surface area contributed by atoms with Crippen LogP contribution in [0.1, 0.15) is 10.5 Å². The van der Waals surface area contributed by atoms with Crippen molar-refractivity contribution >= 4 is 28.1 Å². The number of aromatic nitrogens is 4. The number of carbonyl (C=O) groups is 1. The molecule has 2 aromatic heterocycles. The third kappa shape index (κ3) is 2.46. The molecule has 2 N–H and O–H groups in total. The zero-order valence-corrected chi connectivity index (χ0v) is 13.5. The van der Waals surface area contributed by atoms with E-state index in [0.717, 1.165) is 6.07 Å². The van der Waals surface area contributed by atoms with Crippen LogP contribution in [0.4, 0.5) is 10.1 Å². The van der Waals surface area contributed by atoms with Gasteiger partial charge in [0, 0.05) is 0 Å². The summed E-state index contributed by atoms with van der Waals surface area (Å²) >= 11 is 0. The molecule has 2 heterocycles. The Morgan fingerprint density at radius 2 is 2.08 bits per heavy atom. The van der Waals surface area contributed by atoms with Crippen LogP contribution < -0.4 is 15.6 Å². The number of methoxy groups -OCH3 is 1. The maximum atomic E-state index is 13.4. The smallest absolute Gasteiger partial charge is 0.281 e. The molecule has 0 aliphatic carbocycles. The van der Waals surface area contributed by atoms with Gasteiger partial charge >= 0.3 is 0 Å². The zero-order chi connectivity index (χ0) is 18.3. The van der Waals surface area contributed by atoms with Gasteiger partial charge in [0.1, 0.15) is 11.6 Å². The number of hydrogen-bond donors (Lipinski definition) is 2. The quantitative estimate of drug-likeness (QED) is 0.586. The van der Waals surface area contributed by atoms with E-state index in [0.29, 0.717) is 17.0 Å². The molecule has 0 aliphatic rings. The van der Waals surface area contributed by atoms with Crippen LogP contribution in [-0.4, -0.2) is 32.8 Å². The minimum atomic E-state index is -0.646. The molecule has 4 rings (SSSR count). The first-order valence-electron chi connectivity index (χ1n) is 7.59. The Bertz CT molecular complexity index is 1210. The molecular formula is C17H12FN5O3. The summed E-state index contributed by atoms with van der Waals surface area (Å²) in [5, 5.41) is 9.33. The lowest BCUT2D eigenvalue weighted by Crippen LogP contribution is -2.16. The molecule has 4 aromatic rings. The Kier molecular flexibility index (Phi) is 3.61. The van der Waals surface area contributed by atoms with Crippen molar-refractivity contribution in [1.82, 2.24) is 19.8 Å². The van der Waals surface area contributed by atoms with Gasteiger partial charge in [-0.05, 0) is 30.3 Å². The summed E-state index contributed by atoms with van der Waals surface area (Å²) in [6, 6.07) is 10.6. The van der Waals surface area contributed by atoms with E-state index in [1.807, 2.05) is 0 Å². The molecule has 9 heteroatoms. The maximum absolute atomic E-state index is 13.4. The third-order valence-corrected chi connectivity index (χ3v) is 3.89. The number of nitrogens with zero attached hydrogens (tertiary/aromatic N) is 3. The van der Waals surface area contributed by atoms with E-state index in [4.69, 9.17) is 4.74 Å². The molecule has 130 valence electrons. The number of aromatic amines is 1. The monoisotopic (exact) mass is 353 g/mol.